The Morgan fingerprint density at radius 1 is 1.48 bits per heavy atom. The Balaban J connectivity index is 1.96. The first-order chi connectivity index (χ1) is 9.88. The smallest absolute Gasteiger partial charge is 0.339 e. The summed E-state index contributed by atoms with van der Waals surface area (Å²) >= 11 is 0. The highest BCUT2D eigenvalue weighted by molar-refractivity contribution is 5.93. The lowest BCUT2D eigenvalue weighted by Crippen LogP contribution is -2.54. The van der Waals surface area contributed by atoms with Crippen LogP contribution in [0, 0.1) is 0 Å². The number of aromatic carboxylic acids is 1. The number of fused-ring (bicyclic) bond motifs is 1. The number of aliphatic hydroxyl groups excluding tert-OH is 1. The lowest BCUT2D eigenvalue weighted by Gasteiger charge is -2.40. The Hall–Kier alpha value is -1.66. The summed E-state index contributed by atoms with van der Waals surface area (Å²) in [7, 11) is 0. The second kappa shape index (κ2) is 4.96. The van der Waals surface area contributed by atoms with Gasteiger partial charge >= 0.3 is 5.97 Å². The Bertz CT molecular complexity index is 585. The molecule has 6 heteroatoms. The number of carboxylic acid groups (broad SMARTS) is 1. The molecule has 0 radical (unpaired) electrons. The maximum atomic E-state index is 11.5. The summed E-state index contributed by atoms with van der Waals surface area (Å²) in [5.74, 6) is -0.586. The van der Waals surface area contributed by atoms with Crippen molar-refractivity contribution in [3.8, 4) is 0 Å². The van der Waals surface area contributed by atoms with Crippen LogP contribution in [-0.4, -0.2) is 51.1 Å². The van der Waals surface area contributed by atoms with Gasteiger partial charge in [-0.05, 0) is 44.2 Å². The molecule has 1 aliphatic heterocycles. The SMILES string of the molecule is C[C@@]1(O)CCN(c2nc3c(cc2C(=O)O)CCC3)C[C@@H]1O. The van der Waals surface area contributed by atoms with Crippen LogP contribution < -0.4 is 4.90 Å². The largest absolute Gasteiger partial charge is 0.478 e. The molecule has 0 unspecified atom stereocenters. The minimum Gasteiger partial charge on any atom is -0.478 e. The Kier molecular flexibility index (Phi) is 3.37. The molecule has 2 heterocycles. The van der Waals surface area contributed by atoms with E-state index in [1.54, 1.807) is 17.9 Å². The third kappa shape index (κ3) is 2.49. The van der Waals surface area contributed by atoms with E-state index < -0.39 is 17.7 Å². The minimum atomic E-state index is -1.13. The summed E-state index contributed by atoms with van der Waals surface area (Å²) in [6.45, 7) is 2.28. The Labute approximate surface area is 123 Å². The van der Waals surface area contributed by atoms with Crippen LogP contribution in [0.3, 0.4) is 0 Å². The van der Waals surface area contributed by atoms with Crippen molar-refractivity contribution in [1.29, 1.82) is 0 Å². The number of carboxylic acids is 1. The number of aryl methyl sites for hydroxylation is 2. The third-order valence-electron chi connectivity index (χ3n) is 4.56. The first-order valence-electron chi connectivity index (χ1n) is 7.30. The molecule has 6 nitrogen and oxygen atoms in total. The monoisotopic (exact) mass is 292 g/mol. The van der Waals surface area contributed by atoms with E-state index in [-0.39, 0.29) is 12.1 Å². The molecular weight excluding hydrogens is 272 g/mol. The number of β-amino-alcohol motifs (C(OH)–C–C–N with tert-alkyl or cyclic N) is 1. The topological polar surface area (TPSA) is 93.9 Å². The molecule has 2 aliphatic rings. The van der Waals surface area contributed by atoms with Gasteiger partial charge in [0.05, 0.1) is 11.7 Å². The summed E-state index contributed by atoms with van der Waals surface area (Å²) < 4.78 is 0. The van der Waals surface area contributed by atoms with E-state index in [9.17, 15) is 20.1 Å². The van der Waals surface area contributed by atoms with Gasteiger partial charge in [-0.25, -0.2) is 9.78 Å². The van der Waals surface area contributed by atoms with E-state index in [0.717, 1.165) is 30.5 Å². The zero-order valence-electron chi connectivity index (χ0n) is 12.0. The van der Waals surface area contributed by atoms with Crippen LogP contribution in [-0.2, 0) is 12.8 Å². The van der Waals surface area contributed by atoms with Crippen molar-refractivity contribution in [3.05, 3.63) is 22.9 Å². The van der Waals surface area contributed by atoms with Crippen molar-refractivity contribution < 1.29 is 20.1 Å². The summed E-state index contributed by atoms with van der Waals surface area (Å²) in [6.07, 6.45) is 2.22. The number of carbonyl (C=O) groups is 1. The van der Waals surface area contributed by atoms with Crippen LogP contribution in [0.25, 0.3) is 0 Å². The maximum absolute atomic E-state index is 11.5. The van der Waals surface area contributed by atoms with Gasteiger partial charge in [-0.2, -0.15) is 0 Å². The molecular formula is C15H20N2O4. The highest BCUT2D eigenvalue weighted by Crippen LogP contribution is 2.31. The lowest BCUT2D eigenvalue weighted by molar-refractivity contribution is -0.0723. The second-order valence-corrected chi connectivity index (χ2v) is 6.19. The van der Waals surface area contributed by atoms with Gasteiger partial charge in [-0.3, -0.25) is 0 Å². The lowest BCUT2D eigenvalue weighted by atomic mass is 9.90. The van der Waals surface area contributed by atoms with Gasteiger partial charge in [0, 0.05) is 18.8 Å². The predicted molar refractivity (Wildman–Crippen MR) is 76.7 cm³/mol. The molecule has 1 aromatic heterocycles. The third-order valence-corrected chi connectivity index (χ3v) is 4.56. The number of rotatable bonds is 2. The molecule has 0 saturated carbocycles. The number of hydrogen-bond donors (Lipinski definition) is 3. The molecule has 1 saturated heterocycles. The van der Waals surface area contributed by atoms with Crippen LogP contribution >= 0.6 is 0 Å². The highest BCUT2D eigenvalue weighted by Gasteiger charge is 2.38. The highest BCUT2D eigenvalue weighted by atomic mass is 16.4. The van der Waals surface area contributed by atoms with E-state index in [0.29, 0.717) is 18.8 Å². The van der Waals surface area contributed by atoms with Gasteiger partial charge in [-0.1, -0.05) is 0 Å². The van der Waals surface area contributed by atoms with E-state index in [1.807, 2.05) is 0 Å². The molecule has 0 amide bonds. The number of aromatic nitrogens is 1. The van der Waals surface area contributed by atoms with Crippen LogP contribution in [0.5, 0.6) is 0 Å². The fourth-order valence-corrected chi connectivity index (χ4v) is 3.08. The first kappa shape index (κ1) is 14.3. The van der Waals surface area contributed by atoms with Crippen LogP contribution in [0.2, 0.25) is 0 Å². The van der Waals surface area contributed by atoms with E-state index in [2.05, 4.69) is 4.98 Å². The number of hydrogen-bond acceptors (Lipinski definition) is 5. The summed E-state index contributed by atoms with van der Waals surface area (Å²) in [4.78, 5) is 17.8. The van der Waals surface area contributed by atoms with Gasteiger partial charge < -0.3 is 20.2 Å². The van der Waals surface area contributed by atoms with Crippen molar-refractivity contribution >= 4 is 11.8 Å². The Morgan fingerprint density at radius 3 is 2.90 bits per heavy atom. The van der Waals surface area contributed by atoms with Crippen LogP contribution in [0.15, 0.2) is 6.07 Å². The standard InChI is InChI=1S/C15H20N2O4/c1-15(21)5-6-17(8-12(15)18)13-10(14(19)20)7-9-3-2-4-11(9)16-13/h7,12,18,21H,2-6,8H2,1H3,(H,19,20)/t12-,15+/m0/s1. The van der Waals surface area contributed by atoms with Crippen molar-refractivity contribution in [3.63, 3.8) is 0 Å². The summed E-state index contributed by atoms with van der Waals surface area (Å²) in [6, 6.07) is 1.71. The molecule has 1 aromatic rings. The van der Waals surface area contributed by atoms with Gasteiger partial charge in [0.25, 0.3) is 0 Å². The summed E-state index contributed by atoms with van der Waals surface area (Å²) in [5.41, 5.74) is 1.03. The number of nitrogens with zero attached hydrogens (tertiary/aromatic N) is 2. The van der Waals surface area contributed by atoms with Gasteiger partial charge in [-0.15, -0.1) is 0 Å². The van der Waals surface area contributed by atoms with Crippen molar-refractivity contribution in [2.24, 2.45) is 0 Å². The zero-order valence-corrected chi connectivity index (χ0v) is 12.0. The van der Waals surface area contributed by atoms with Crippen molar-refractivity contribution in [1.82, 2.24) is 4.98 Å². The Morgan fingerprint density at radius 2 is 2.24 bits per heavy atom. The number of anilines is 1. The van der Waals surface area contributed by atoms with E-state index in [1.165, 1.54) is 0 Å². The van der Waals surface area contributed by atoms with Crippen molar-refractivity contribution in [2.75, 3.05) is 18.0 Å². The molecule has 3 rings (SSSR count). The normalized spacial score (nSPS) is 28.5. The minimum absolute atomic E-state index is 0.185. The van der Waals surface area contributed by atoms with E-state index >= 15 is 0 Å². The molecule has 1 fully saturated rings. The summed E-state index contributed by atoms with van der Waals surface area (Å²) in [5, 5.41) is 29.5. The molecule has 0 spiro atoms. The molecule has 21 heavy (non-hydrogen) atoms. The van der Waals surface area contributed by atoms with Gasteiger partial charge in [0.15, 0.2) is 0 Å². The van der Waals surface area contributed by atoms with Crippen LogP contribution in [0.4, 0.5) is 5.82 Å². The average molecular weight is 292 g/mol. The van der Waals surface area contributed by atoms with Gasteiger partial charge in [0.1, 0.15) is 11.4 Å². The van der Waals surface area contributed by atoms with Gasteiger partial charge in [0.2, 0.25) is 0 Å². The molecule has 0 aromatic carbocycles. The fraction of sp³-hybridized carbons (Fsp3) is 0.600. The molecule has 0 bridgehead atoms. The molecule has 3 N–H and O–H groups in total. The average Bonchev–Trinajstić information content (AvgIpc) is 2.87. The first-order valence-corrected chi connectivity index (χ1v) is 7.30. The number of aliphatic hydroxyl groups is 2. The number of piperidine rings is 1. The quantitative estimate of drug-likeness (QED) is 0.738. The molecule has 2 atom stereocenters. The van der Waals surface area contributed by atoms with Crippen LogP contribution in [0.1, 0.15) is 41.4 Å². The fourth-order valence-electron chi connectivity index (χ4n) is 3.08. The molecule has 114 valence electrons. The second-order valence-electron chi connectivity index (χ2n) is 6.19. The number of pyridine rings is 1. The predicted octanol–water partition coefficient (Wildman–Crippen LogP) is 0.590. The molecule has 1 aliphatic carbocycles. The zero-order chi connectivity index (χ0) is 15.2. The van der Waals surface area contributed by atoms with Crippen molar-refractivity contribution in [2.45, 2.75) is 44.3 Å². The van der Waals surface area contributed by atoms with E-state index in [4.69, 9.17) is 0 Å². The maximum Gasteiger partial charge on any atom is 0.339 e.